The first-order valence-electron chi connectivity index (χ1n) is 6.56. The monoisotopic (exact) mass is 267 g/mol. The average molecular weight is 268 g/mol. The van der Waals surface area contributed by atoms with Gasteiger partial charge in [0, 0.05) is 22.5 Å². The summed E-state index contributed by atoms with van der Waals surface area (Å²) >= 11 is 6.12. The van der Waals surface area contributed by atoms with Crippen LogP contribution in [0.5, 0.6) is 5.75 Å². The lowest BCUT2D eigenvalue weighted by atomic mass is 9.55. The van der Waals surface area contributed by atoms with Crippen molar-refractivity contribution in [3.63, 3.8) is 0 Å². The van der Waals surface area contributed by atoms with Gasteiger partial charge in [0.05, 0.1) is 7.11 Å². The van der Waals surface area contributed by atoms with Crippen molar-refractivity contribution in [3.8, 4) is 5.75 Å². The first kappa shape index (κ1) is 13.7. The molecule has 0 bridgehead atoms. The third kappa shape index (κ3) is 2.24. The van der Waals surface area contributed by atoms with Crippen LogP contribution in [-0.4, -0.2) is 13.7 Å². The summed E-state index contributed by atoms with van der Waals surface area (Å²) in [6.45, 7) is 5.22. The summed E-state index contributed by atoms with van der Waals surface area (Å²) in [4.78, 5) is 0. The van der Waals surface area contributed by atoms with E-state index in [-0.39, 0.29) is 5.41 Å². The quantitative estimate of drug-likeness (QED) is 0.905. The highest BCUT2D eigenvalue weighted by molar-refractivity contribution is 6.30. The summed E-state index contributed by atoms with van der Waals surface area (Å²) in [5.74, 6) is 2.39. The molecule has 2 rings (SSSR count). The fourth-order valence-electron chi connectivity index (χ4n) is 3.01. The lowest BCUT2D eigenvalue weighted by Gasteiger charge is -2.50. The van der Waals surface area contributed by atoms with E-state index in [1.54, 1.807) is 7.11 Å². The number of hydrogen-bond acceptors (Lipinski definition) is 2. The van der Waals surface area contributed by atoms with E-state index in [4.69, 9.17) is 22.1 Å². The van der Waals surface area contributed by atoms with Crippen LogP contribution in [0.25, 0.3) is 0 Å². The zero-order chi connectivity index (χ0) is 13.3. The molecule has 2 nitrogen and oxygen atoms in total. The minimum absolute atomic E-state index is 0.0607. The molecule has 0 unspecified atom stereocenters. The van der Waals surface area contributed by atoms with E-state index in [9.17, 15) is 0 Å². The van der Waals surface area contributed by atoms with Gasteiger partial charge in [-0.25, -0.2) is 0 Å². The summed E-state index contributed by atoms with van der Waals surface area (Å²) in [5.41, 5.74) is 7.28. The SMILES string of the molecule is COc1ccc(Cl)cc1C1(CN)CC(C(C)C)C1. The van der Waals surface area contributed by atoms with Crippen molar-refractivity contribution in [1.82, 2.24) is 0 Å². The first-order chi connectivity index (χ1) is 8.52. The van der Waals surface area contributed by atoms with Gasteiger partial charge in [-0.3, -0.25) is 0 Å². The van der Waals surface area contributed by atoms with Crippen LogP contribution < -0.4 is 10.5 Å². The van der Waals surface area contributed by atoms with Crippen molar-refractivity contribution in [2.24, 2.45) is 17.6 Å². The van der Waals surface area contributed by atoms with Crippen LogP contribution in [0.1, 0.15) is 32.3 Å². The van der Waals surface area contributed by atoms with E-state index in [0.717, 1.165) is 35.4 Å². The van der Waals surface area contributed by atoms with E-state index in [2.05, 4.69) is 13.8 Å². The van der Waals surface area contributed by atoms with E-state index < -0.39 is 0 Å². The molecule has 100 valence electrons. The van der Waals surface area contributed by atoms with Gasteiger partial charge in [-0.1, -0.05) is 25.4 Å². The molecule has 0 atom stereocenters. The van der Waals surface area contributed by atoms with Gasteiger partial charge in [0.25, 0.3) is 0 Å². The highest BCUT2D eigenvalue weighted by atomic mass is 35.5. The van der Waals surface area contributed by atoms with Crippen LogP contribution in [0.15, 0.2) is 18.2 Å². The molecule has 0 aliphatic heterocycles. The Morgan fingerprint density at radius 3 is 2.61 bits per heavy atom. The van der Waals surface area contributed by atoms with Crippen molar-refractivity contribution in [2.45, 2.75) is 32.1 Å². The Labute approximate surface area is 114 Å². The molecule has 1 fully saturated rings. The van der Waals surface area contributed by atoms with Gasteiger partial charge in [-0.15, -0.1) is 0 Å². The number of benzene rings is 1. The maximum Gasteiger partial charge on any atom is 0.122 e. The Balaban J connectivity index is 2.32. The Morgan fingerprint density at radius 1 is 1.44 bits per heavy atom. The number of hydrogen-bond donors (Lipinski definition) is 1. The van der Waals surface area contributed by atoms with Crippen molar-refractivity contribution in [3.05, 3.63) is 28.8 Å². The largest absolute Gasteiger partial charge is 0.496 e. The molecule has 1 aromatic rings. The zero-order valence-electron chi connectivity index (χ0n) is 11.4. The Morgan fingerprint density at radius 2 is 2.11 bits per heavy atom. The van der Waals surface area contributed by atoms with Gasteiger partial charge >= 0.3 is 0 Å². The van der Waals surface area contributed by atoms with Crippen LogP contribution in [0.2, 0.25) is 5.02 Å². The molecular weight excluding hydrogens is 246 g/mol. The molecule has 2 N–H and O–H groups in total. The molecular formula is C15H22ClNO. The number of ether oxygens (including phenoxy) is 1. The van der Waals surface area contributed by atoms with Crippen molar-refractivity contribution in [2.75, 3.05) is 13.7 Å². The molecule has 1 aliphatic carbocycles. The average Bonchev–Trinajstić information content (AvgIpc) is 2.28. The second kappa shape index (κ2) is 5.10. The van der Waals surface area contributed by atoms with Crippen LogP contribution in [0.3, 0.4) is 0 Å². The molecule has 3 heteroatoms. The normalized spacial score (nSPS) is 27.1. The van der Waals surface area contributed by atoms with Crippen LogP contribution >= 0.6 is 11.6 Å². The van der Waals surface area contributed by atoms with Crippen molar-refractivity contribution < 1.29 is 4.74 Å². The number of nitrogens with two attached hydrogens (primary N) is 1. The molecule has 18 heavy (non-hydrogen) atoms. The molecule has 1 saturated carbocycles. The van der Waals surface area contributed by atoms with E-state index in [1.165, 1.54) is 5.56 Å². The standard InChI is InChI=1S/C15H22ClNO/c1-10(2)11-7-15(8-11,9-17)13-6-12(16)4-5-14(13)18-3/h4-6,10-11H,7-9,17H2,1-3H3. The van der Waals surface area contributed by atoms with Gasteiger partial charge in [0.2, 0.25) is 0 Å². The predicted molar refractivity (Wildman–Crippen MR) is 76.3 cm³/mol. The molecule has 1 aliphatic rings. The summed E-state index contributed by atoms with van der Waals surface area (Å²) in [6.07, 6.45) is 2.27. The Kier molecular flexibility index (Phi) is 3.88. The highest BCUT2D eigenvalue weighted by Crippen LogP contribution is 2.52. The second-order valence-corrected chi connectivity index (χ2v) is 6.18. The number of methoxy groups -OCH3 is 1. The van der Waals surface area contributed by atoms with Crippen LogP contribution in [-0.2, 0) is 5.41 Å². The fourth-order valence-corrected chi connectivity index (χ4v) is 3.18. The lowest BCUT2D eigenvalue weighted by molar-refractivity contribution is 0.103. The minimum atomic E-state index is 0.0607. The lowest BCUT2D eigenvalue weighted by Crippen LogP contribution is -2.48. The number of rotatable bonds is 4. The summed E-state index contributed by atoms with van der Waals surface area (Å²) in [5, 5.41) is 0.756. The van der Waals surface area contributed by atoms with Gasteiger partial charge in [0.1, 0.15) is 5.75 Å². The molecule has 0 heterocycles. The molecule has 0 radical (unpaired) electrons. The van der Waals surface area contributed by atoms with Crippen molar-refractivity contribution >= 4 is 11.6 Å². The van der Waals surface area contributed by atoms with Gasteiger partial charge < -0.3 is 10.5 Å². The van der Waals surface area contributed by atoms with E-state index >= 15 is 0 Å². The molecule has 0 spiro atoms. The van der Waals surface area contributed by atoms with Gasteiger partial charge in [0.15, 0.2) is 0 Å². The molecule has 0 amide bonds. The van der Waals surface area contributed by atoms with Gasteiger partial charge in [-0.05, 0) is 42.9 Å². The minimum Gasteiger partial charge on any atom is -0.496 e. The smallest absolute Gasteiger partial charge is 0.122 e. The molecule has 1 aromatic carbocycles. The van der Waals surface area contributed by atoms with Gasteiger partial charge in [-0.2, -0.15) is 0 Å². The Hall–Kier alpha value is -0.730. The third-order valence-corrected chi connectivity index (χ3v) is 4.61. The number of halogens is 1. The Bertz CT molecular complexity index is 425. The van der Waals surface area contributed by atoms with E-state index in [0.29, 0.717) is 6.54 Å². The maximum absolute atomic E-state index is 6.12. The maximum atomic E-state index is 6.12. The van der Waals surface area contributed by atoms with Crippen molar-refractivity contribution in [1.29, 1.82) is 0 Å². The first-order valence-corrected chi connectivity index (χ1v) is 6.94. The summed E-state index contributed by atoms with van der Waals surface area (Å²) in [7, 11) is 1.70. The van der Waals surface area contributed by atoms with E-state index in [1.807, 2.05) is 18.2 Å². The molecule has 0 saturated heterocycles. The third-order valence-electron chi connectivity index (χ3n) is 4.37. The molecule has 0 aromatic heterocycles. The van der Waals surface area contributed by atoms with Crippen LogP contribution in [0.4, 0.5) is 0 Å². The summed E-state index contributed by atoms with van der Waals surface area (Å²) in [6, 6.07) is 5.83. The summed E-state index contributed by atoms with van der Waals surface area (Å²) < 4.78 is 5.47. The fraction of sp³-hybridized carbons (Fsp3) is 0.600. The topological polar surface area (TPSA) is 35.2 Å². The van der Waals surface area contributed by atoms with Crippen LogP contribution in [0, 0.1) is 11.8 Å². The second-order valence-electron chi connectivity index (χ2n) is 5.74. The predicted octanol–water partition coefficient (Wildman–Crippen LogP) is 3.61. The zero-order valence-corrected chi connectivity index (χ0v) is 12.1. The highest BCUT2D eigenvalue weighted by Gasteiger charge is 2.46.